The van der Waals surface area contributed by atoms with Gasteiger partial charge in [0.2, 0.25) is 0 Å². The van der Waals surface area contributed by atoms with Crippen LogP contribution in [0.4, 0.5) is 11.4 Å². The molecule has 0 saturated heterocycles. The third kappa shape index (κ3) is 3.64. The number of nitrogens with one attached hydrogen (secondary N) is 1. The maximum atomic E-state index is 14.1. The number of aryl methyl sites for hydroxylation is 2. The summed E-state index contributed by atoms with van der Waals surface area (Å²) in [4.78, 5) is 29.1. The topological polar surface area (TPSA) is 67.9 Å². The van der Waals surface area contributed by atoms with Gasteiger partial charge in [-0.15, -0.1) is 0 Å². The highest BCUT2D eigenvalue weighted by Gasteiger charge is 2.54. The van der Waals surface area contributed by atoms with Crippen molar-refractivity contribution in [1.29, 1.82) is 0 Å². The van der Waals surface area contributed by atoms with Gasteiger partial charge in [0.15, 0.2) is 5.60 Å². The van der Waals surface area contributed by atoms with Crippen molar-refractivity contribution < 1.29 is 19.1 Å². The second-order valence-electron chi connectivity index (χ2n) is 11.6. The highest BCUT2D eigenvalue weighted by Crippen LogP contribution is 2.57. The number of ether oxygens (including phenoxy) is 2. The molecule has 1 amide bonds. The average molecular weight is 561 g/mol. The van der Waals surface area contributed by atoms with Gasteiger partial charge in [-0.2, -0.15) is 0 Å². The van der Waals surface area contributed by atoms with Gasteiger partial charge in [0, 0.05) is 54.2 Å². The molecular formula is C36H36N2O4. The van der Waals surface area contributed by atoms with Gasteiger partial charge in [0.1, 0.15) is 11.5 Å². The Bertz CT molecular complexity index is 1830. The van der Waals surface area contributed by atoms with Gasteiger partial charge in [0.05, 0.1) is 11.3 Å². The first-order valence-corrected chi connectivity index (χ1v) is 14.3. The number of esters is 1. The molecule has 1 unspecified atom stereocenters. The average Bonchev–Trinajstić information content (AvgIpc) is 3.28. The minimum absolute atomic E-state index is 0.0732. The first-order valence-electron chi connectivity index (χ1n) is 14.3. The van der Waals surface area contributed by atoms with E-state index in [1.807, 2.05) is 77.2 Å². The number of carbonyl (C=O) groups is 2. The Morgan fingerprint density at radius 3 is 1.98 bits per heavy atom. The molecule has 214 valence electrons. The number of rotatable bonds is 3. The molecule has 6 nitrogen and oxygen atoms in total. The second kappa shape index (κ2) is 9.48. The SMILES string of the molecule is CNc1cc2c(cc1C)C1(OC(=O)c3ccccc31)c1cc(C)c(N(C)C(=O)c3c(C)c(C)c(C)c(C)c3C)cc1O2. The molecule has 0 bridgehead atoms. The molecule has 1 N–H and O–H groups in total. The minimum Gasteiger partial charge on any atom is -0.456 e. The van der Waals surface area contributed by atoms with E-state index < -0.39 is 5.60 Å². The summed E-state index contributed by atoms with van der Waals surface area (Å²) < 4.78 is 12.9. The van der Waals surface area contributed by atoms with E-state index in [0.717, 1.165) is 67.0 Å². The summed E-state index contributed by atoms with van der Waals surface area (Å²) in [6.45, 7) is 14.3. The van der Waals surface area contributed by atoms with Crippen LogP contribution in [0.25, 0.3) is 0 Å². The second-order valence-corrected chi connectivity index (χ2v) is 11.6. The van der Waals surface area contributed by atoms with Gasteiger partial charge in [-0.3, -0.25) is 4.79 Å². The molecule has 4 aromatic rings. The van der Waals surface area contributed by atoms with Crippen molar-refractivity contribution in [2.45, 2.75) is 54.1 Å². The van der Waals surface area contributed by atoms with Gasteiger partial charge in [-0.25, -0.2) is 4.79 Å². The Balaban J connectivity index is 1.56. The molecule has 42 heavy (non-hydrogen) atoms. The number of benzene rings is 4. The highest BCUT2D eigenvalue weighted by atomic mass is 16.6. The minimum atomic E-state index is -1.17. The molecule has 0 saturated carbocycles. The van der Waals surface area contributed by atoms with E-state index in [1.165, 1.54) is 5.56 Å². The molecule has 2 aliphatic heterocycles. The lowest BCUT2D eigenvalue weighted by atomic mass is 9.76. The Hall–Kier alpha value is -4.58. The van der Waals surface area contributed by atoms with E-state index >= 15 is 0 Å². The van der Waals surface area contributed by atoms with Crippen LogP contribution in [0.5, 0.6) is 11.5 Å². The van der Waals surface area contributed by atoms with E-state index in [2.05, 4.69) is 26.1 Å². The zero-order valence-electron chi connectivity index (χ0n) is 25.7. The molecule has 6 heteroatoms. The molecule has 6 rings (SSSR count). The fraction of sp³-hybridized carbons (Fsp3) is 0.278. The standard InChI is InChI=1S/C36H36N2O4/c1-18-14-27-31(16-29(18)37-8)41-32-17-30(38(9)34(39)33-23(6)21(4)20(3)22(5)24(33)7)19(2)15-28(32)36(27)26-13-11-10-12-25(26)35(40)42-36/h10-17,37H,1-9H3. The lowest BCUT2D eigenvalue weighted by Gasteiger charge is -2.38. The first kappa shape index (κ1) is 27.6. The summed E-state index contributed by atoms with van der Waals surface area (Å²) in [7, 11) is 3.67. The Morgan fingerprint density at radius 2 is 1.33 bits per heavy atom. The van der Waals surface area contributed by atoms with E-state index in [9.17, 15) is 9.59 Å². The Kier molecular flexibility index (Phi) is 6.23. The third-order valence-electron chi connectivity index (χ3n) is 9.52. The molecule has 1 spiro atoms. The lowest BCUT2D eigenvalue weighted by molar-refractivity contribution is 0.0224. The number of fused-ring (bicyclic) bond motifs is 6. The molecule has 0 aliphatic carbocycles. The number of amides is 1. The predicted molar refractivity (Wildman–Crippen MR) is 167 cm³/mol. The quantitative estimate of drug-likeness (QED) is 0.260. The van der Waals surface area contributed by atoms with Crippen molar-refractivity contribution in [3.8, 4) is 11.5 Å². The van der Waals surface area contributed by atoms with Gasteiger partial charge in [0.25, 0.3) is 5.91 Å². The van der Waals surface area contributed by atoms with E-state index in [4.69, 9.17) is 9.47 Å². The zero-order valence-corrected chi connectivity index (χ0v) is 25.7. The molecule has 4 aromatic carbocycles. The predicted octanol–water partition coefficient (Wildman–Crippen LogP) is 7.73. The van der Waals surface area contributed by atoms with Crippen LogP contribution in [-0.2, 0) is 10.3 Å². The van der Waals surface area contributed by atoms with Crippen LogP contribution < -0.4 is 15.0 Å². The summed E-state index contributed by atoms with van der Waals surface area (Å²) in [6, 6.07) is 15.4. The Morgan fingerprint density at radius 1 is 0.762 bits per heavy atom. The molecule has 0 aromatic heterocycles. The number of nitrogens with zero attached hydrogens (tertiary/aromatic N) is 1. The molecule has 1 atom stereocenters. The third-order valence-corrected chi connectivity index (χ3v) is 9.52. The van der Waals surface area contributed by atoms with Crippen LogP contribution in [0.1, 0.15) is 76.4 Å². The largest absolute Gasteiger partial charge is 0.456 e. The van der Waals surface area contributed by atoms with E-state index in [-0.39, 0.29) is 11.9 Å². The molecule has 2 heterocycles. The summed E-state index contributed by atoms with van der Waals surface area (Å²) in [5.74, 6) is 0.700. The molecular weight excluding hydrogens is 524 g/mol. The number of carbonyl (C=O) groups excluding carboxylic acids is 2. The fourth-order valence-electron chi connectivity index (χ4n) is 6.69. The fourth-order valence-corrected chi connectivity index (χ4v) is 6.69. The van der Waals surface area contributed by atoms with Gasteiger partial charge >= 0.3 is 5.97 Å². The van der Waals surface area contributed by atoms with Crippen molar-refractivity contribution in [1.82, 2.24) is 0 Å². The van der Waals surface area contributed by atoms with Gasteiger partial charge < -0.3 is 19.7 Å². The number of anilines is 2. The normalized spacial score (nSPS) is 16.4. The summed E-state index contributed by atoms with van der Waals surface area (Å²) >= 11 is 0. The van der Waals surface area contributed by atoms with Crippen LogP contribution in [0.3, 0.4) is 0 Å². The van der Waals surface area contributed by atoms with Crippen molar-refractivity contribution in [2.75, 3.05) is 24.3 Å². The maximum Gasteiger partial charge on any atom is 0.340 e. The van der Waals surface area contributed by atoms with Crippen molar-refractivity contribution >= 4 is 23.3 Å². The monoisotopic (exact) mass is 560 g/mol. The summed E-state index contributed by atoms with van der Waals surface area (Å²) in [5.41, 5.74) is 11.4. The smallest absolute Gasteiger partial charge is 0.340 e. The zero-order chi connectivity index (χ0) is 30.2. The summed E-state index contributed by atoms with van der Waals surface area (Å²) in [5, 5.41) is 3.23. The van der Waals surface area contributed by atoms with Crippen molar-refractivity contribution in [2.24, 2.45) is 0 Å². The van der Waals surface area contributed by atoms with Crippen molar-refractivity contribution in [3.05, 3.63) is 115 Å². The Labute approximate surface area is 247 Å². The van der Waals surface area contributed by atoms with Crippen LogP contribution in [-0.4, -0.2) is 26.0 Å². The van der Waals surface area contributed by atoms with Crippen LogP contribution in [0.15, 0.2) is 48.5 Å². The van der Waals surface area contributed by atoms with Crippen molar-refractivity contribution in [3.63, 3.8) is 0 Å². The van der Waals surface area contributed by atoms with E-state index in [1.54, 1.807) is 18.0 Å². The highest BCUT2D eigenvalue weighted by molar-refractivity contribution is 6.09. The first-order chi connectivity index (χ1) is 19.9. The van der Waals surface area contributed by atoms with Crippen LogP contribution in [0.2, 0.25) is 0 Å². The molecule has 2 aliphatic rings. The van der Waals surface area contributed by atoms with Crippen LogP contribution >= 0.6 is 0 Å². The molecule has 0 fully saturated rings. The molecule has 0 radical (unpaired) electrons. The number of hydrogen-bond donors (Lipinski definition) is 1. The number of hydrogen-bond acceptors (Lipinski definition) is 5. The van der Waals surface area contributed by atoms with Gasteiger partial charge in [-0.1, -0.05) is 18.2 Å². The van der Waals surface area contributed by atoms with E-state index in [0.29, 0.717) is 17.1 Å². The summed E-state index contributed by atoms with van der Waals surface area (Å²) in [6.07, 6.45) is 0. The van der Waals surface area contributed by atoms with Gasteiger partial charge in [-0.05, 0) is 106 Å². The lowest BCUT2D eigenvalue weighted by Crippen LogP contribution is -2.34. The van der Waals surface area contributed by atoms with Crippen LogP contribution in [0, 0.1) is 48.5 Å². The maximum absolute atomic E-state index is 14.1.